The van der Waals surface area contributed by atoms with Crippen LogP contribution in [0.3, 0.4) is 0 Å². The molecule has 1 heterocycles. The Balaban J connectivity index is 2.00. The monoisotopic (exact) mass is 253 g/mol. The minimum absolute atomic E-state index is 0.0290. The molecule has 1 unspecified atom stereocenters. The van der Waals surface area contributed by atoms with Crippen molar-refractivity contribution in [1.82, 2.24) is 5.32 Å². The third-order valence-electron chi connectivity index (χ3n) is 3.16. The van der Waals surface area contributed by atoms with Crippen LogP contribution in [0, 0.1) is 5.82 Å². The molecule has 1 aliphatic rings. The SMILES string of the molecule is CNCC(OC1CCOCC1)c1ccc(F)cc1. The molecule has 18 heavy (non-hydrogen) atoms. The van der Waals surface area contributed by atoms with Crippen LogP contribution in [-0.4, -0.2) is 32.9 Å². The molecule has 100 valence electrons. The molecule has 0 aliphatic carbocycles. The molecule has 0 radical (unpaired) electrons. The Hall–Kier alpha value is -0.970. The van der Waals surface area contributed by atoms with Crippen molar-refractivity contribution in [2.24, 2.45) is 0 Å². The molecule has 1 N–H and O–H groups in total. The Labute approximate surface area is 107 Å². The standard InChI is InChI=1S/C14H20FNO2/c1-16-10-14(11-2-4-12(15)5-3-11)18-13-6-8-17-9-7-13/h2-5,13-14,16H,6-10H2,1H3. The van der Waals surface area contributed by atoms with Crippen molar-refractivity contribution in [3.63, 3.8) is 0 Å². The minimum atomic E-state index is -0.215. The largest absolute Gasteiger partial charge is 0.381 e. The van der Waals surface area contributed by atoms with Gasteiger partial charge in [0.15, 0.2) is 0 Å². The van der Waals surface area contributed by atoms with E-state index in [1.807, 2.05) is 7.05 Å². The topological polar surface area (TPSA) is 30.5 Å². The first-order chi connectivity index (χ1) is 8.79. The van der Waals surface area contributed by atoms with Gasteiger partial charge in [-0.15, -0.1) is 0 Å². The normalized spacial score (nSPS) is 18.8. The van der Waals surface area contributed by atoms with Crippen LogP contribution < -0.4 is 5.32 Å². The molecule has 1 aliphatic heterocycles. The zero-order chi connectivity index (χ0) is 12.8. The predicted octanol–water partition coefficient (Wildman–Crippen LogP) is 2.28. The molecule has 0 aromatic heterocycles. The average Bonchev–Trinajstić information content (AvgIpc) is 2.40. The van der Waals surface area contributed by atoms with Crippen LogP contribution in [0.4, 0.5) is 4.39 Å². The van der Waals surface area contributed by atoms with Crippen LogP contribution in [0.25, 0.3) is 0 Å². The number of rotatable bonds is 5. The molecule has 2 rings (SSSR count). The molecule has 0 bridgehead atoms. The lowest BCUT2D eigenvalue weighted by Crippen LogP contribution is -2.29. The number of benzene rings is 1. The molecule has 4 heteroatoms. The zero-order valence-corrected chi connectivity index (χ0v) is 10.7. The van der Waals surface area contributed by atoms with Crippen molar-refractivity contribution in [3.8, 4) is 0 Å². The van der Waals surface area contributed by atoms with E-state index in [-0.39, 0.29) is 18.0 Å². The smallest absolute Gasteiger partial charge is 0.123 e. The molecule has 1 aromatic rings. The summed E-state index contributed by atoms with van der Waals surface area (Å²) >= 11 is 0. The second kappa shape index (κ2) is 6.83. The van der Waals surface area contributed by atoms with Gasteiger partial charge in [-0.1, -0.05) is 12.1 Å². The molecule has 1 aromatic carbocycles. The van der Waals surface area contributed by atoms with Crippen molar-refractivity contribution in [2.75, 3.05) is 26.8 Å². The van der Waals surface area contributed by atoms with Gasteiger partial charge >= 0.3 is 0 Å². The highest BCUT2D eigenvalue weighted by Gasteiger charge is 2.20. The van der Waals surface area contributed by atoms with E-state index in [4.69, 9.17) is 9.47 Å². The van der Waals surface area contributed by atoms with Crippen molar-refractivity contribution < 1.29 is 13.9 Å². The molecule has 1 saturated heterocycles. The molecular weight excluding hydrogens is 233 g/mol. The summed E-state index contributed by atoms with van der Waals surface area (Å²) in [6, 6.07) is 6.53. The number of hydrogen-bond acceptors (Lipinski definition) is 3. The van der Waals surface area contributed by atoms with Crippen LogP contribution in [0.2, 0.25) is 0 Å². The summed E-state index contributed by atoms with van der Waals surface area (Å²) in [5.74, 6) is -0.215. The maximum atomic E-state index is 12.9. The van der Waals surface area contributed by atoms with E-state index in [1.165, 1.54) is 12.1 Å². The van der Waals surface area contributed by atoms with Gasteiger partial charge in [-0.2, -0.15) is 0 Å². The van der Waals surface area contributed by atoms with E-state index in [1.54, 1.807) is 12.1 Å². The first-order valence-electron chi connectivity index (χ1n) is 6.43. The summed E-state index contributed by atoms with van der Waals surface area (Å²) in [5, 5.41) is 3.12. The molecular formula is C14H20FNO2. The van der Waals surface area contributed by atoms with E-state index < -0.39 is 0 Å². The quantitative estimate of drug-likeness (QED) is 0.873. The van der Waals surface area contributed by atoms with Crippen LogP contribution >= 0.6 is 0 Å². The Kier molecular flexibility index (Phi) is 5.11. The minimum Gasteiger partial charge on any atom is -0.381 e. The molecule has 1 fully saturated rings. The van der Waals surface area contributed by atoms with Crippen molar-refractivity contribution in [2.45, 2.75) is 25.0 Å². The lowest BCUT2D eigenvalue weighted by molar-refractivity contribution is -0.0684. The third kappa shape index (κ3) is 3.77. The van der Waals surface area contributed by atoms with Gasteiger partial charge in [0.05, 0.1) is 12.2 Å². The molecule has 1 atom stereocenters. The molecule has 3 nitrogen and oxygen atoms in total. The number of ether oxygens (including phenoxy) is 2. The second-order valence-corrected chi connectivity index (χ2v) is 4.55. The Morgan fingerprint density at radius 2 is 2.00 bits per heavy atom. The van der Waals surface area contributed by atoms with Gasteiger partial charge in [0.2, 0.25) is 0 Å². The van der Waals surface area contributed by atoms with Gasteiger partial charge in [-0.05, 0) is 37.6 Å². The summed E-state index contributed by atoms with van der Waals surface area (Å²) in [6.07, 6.45) is 2.07. The summed E-state index contributed by atoms with van der Waals surface area (Å²) in [7, 11) is 1.89. The second-order valence-electron chi connectivity index (χ2n) is 4.55. The summed E-state index contributed by atoms with van der Waals surface area (Å²) in [5.41, 5.74) is 1.01. The highest BCUT2D eigenvalue weighted by Crippen LogP contribution is 2.23. The van der Waals surface area contributed by atoms with Crippen molar-refractivity contribution >= 4 is 0 Å². The van der Waals surface area contributed by atoms with Crippen molar-refractivity contribution in [3.05, 3.63) is 35.6 Å². The fraction of sp³-hybridized carbons (Fsp3) is 0.571. The first kappa shape index (κ1) is 13.5. The molecule has 0 saturated carbocycles. The number of hydrogen-bond donors (Lipinski definition) is 1. The fourth-order valence-electron chi connectivity index (χ4n) is 2.15. The van der Waals surface area contributed by atoms with E-state index in [9.17, 15) is 4.39 Å². The highest BCUT2D eigenvalue weighted by molar-refractivity contribution is 5.19. The van der Waals surface area contributed by atoms with E-state index in [0.29, 0.717) is 0 Å². The fourth-order valence-corrected chi connectivity index (χ4v) is 2.15. The number of halogens is 1. The van der Waals surface area contributed by atoms with E-state index in [2.05, 4.69) is 5.32 Å². The van der Waals surface area contributed by atoms with Gasteiger partial charge < -0.3 is 14.8 Å². The third-order valence-corrected chi connectivity index (χ3v) is 3.16. The average molecular weight is 253 g/mol. The van der Waals surface area contributed by atoms with Gasteiger partial charge in [-0.25, -0.2) is 4.39 Å². The summed E-state index contributed by atoms with van der Waals surface area (Å²) in [6.45, 7) is 2.25. The highest BCUT2D eigenvalue weighted by atomic mass is 19.1. The molecule has 0 amide bonds. The van der Waals surface area contributed by atoms with E-state index >= 15 is 0 Å². The number of likely N-dealkylation sites (N-methyl/N-ethyl adjacent to an activating group) is 1. The van der Waals surface area contributed by atoms with Crippen LogP contribution in [0.1, 0.15) is 24.5 Å². The van der Waals surface area contributed by atoms with Gasteiger partial charge in [0.25, 0.3) is 0 Å². The van der Waals surface area contributed by atoms with Crippen LogP contribution in [0.15, 0.2) is 24.3 Å². The lowest BCUT2D eigenvalue weighted by atomic mass is 10.1. The Bertz CT molecular complexity index is 349. The Morgan fingerprint density at radius 1 is 1.33 bits per heavy atom. The van der Waals surface area contributed by atoms with Gasteiger partial charge in [0, 0.05) is 19.8 Å². The van der Waals surface area contributed by atoms with E-state index in [0.717, 1.165) is 38.2 Å². The maximum Gasteiger partial charge on any atom is 0.123 e. The number of nitrogens with one attached hydrogen (secondary N) is 1. The predicted molar refractivity (Wildman–Crippen MR) is 68.0 cm³/mol. The zero-order valence-electron chi connectivity index (χ0n) is 10.7. The summed E-state index contributed by atoms with van der Waals surface area (Å²) in [4.78, 5) is 0. The Morgan fingerprint density at radius 3 is 2.61 bits per heavy atom. The first-order valence-corrected chi connectivity index (χ1v) is 6.43. The van der Waals surface area contributed by atoms with Crippen LogP contribution in [-0.2, 0) is 9.47 Å². The molecule has 0 spiro atoms. The summed E-state index contributed by atoms with van der Waals surface area (Å²) < 4.78 is 24.3. The van der Waals surface area contributed by atoms with Crippen molar-refractivity contribution in [1.29, 1.82) is 0 Å². The lowest BCUT2D eigenvalue weighted by Gasteiger charge is -2.28. The van der Waals surface area contributed by atoms with Crippen LogP contribution in [0.5, 0.6) is 0 Å². The van der Waals surface area contributed by atoms with Gasteiger partial charge in [-0.3, -0.25) is 0 Å². The maximum absolute atomic E-state index is 12.9. The van der Waals surface area contributed by atoms with Gasteiger partial charge in [0.1, 0.15) is 5.82 Å².